The number of hydrogen-bond donors (Lipinski definition) is 2. The SMILES string of the molecule is CN=C(NCCCCOCc1ccccc1)NC(C)C(C)C.I. The molecule has 0 aromatic heterocycles. The molecule has 0 spiro atoms. The van der Waals surface area contributed by atoms with E-state index < -0.39 is 0 Å². The van der Waals surface area contributed by atoms with Crippen LogP contribution in [0.5, 0.6) is 0 Å². The predicted octanol–water partition coefficient (Wildman–Crippen LogP) is 3.81. The van der Waals surface area contributed by atoms with Crippen molar-refractivity contribution in [3.63, 3.8) is 0 Å². The van der Waals surface area contributed by atoms with Crippen molar-refractivity contribution in [2.24, 2.45) is 10.9 Å². The molecule has 0 amide bonds. The lowest BCUT2D eigenvalue weighted by Gasteiger charge is -2.20. The summed E-state index contributed by atoms with van der Waals surface area (Å²) in [4.78, 5) is 4.25. The zero-order valence-corrected chi connectivity index (χ0v) is 17.2. The highest BCUT2D eigenvalue weighted by atomic mass is 127. The molecule has 1 atom stereocenters. The van der Waals surface area contributed by atoms with E-state index in [4.69, 9.17) is 4.74 Å². The summed E-state index contributed by atoms with van der Waals surface area (Å²) in [5, 5.41) is 6.74. The van der Waals surface area contributed by atoms with Crippen molar-refractivity contribution in [3.8, 4) is 0 Å². The van der Waals surface area contributed by atoms with E-state index in [0.717, 1.165) is 32.0 Å². The topological polar surface area (TPSA) is 45.7 Å². The third kappa shape index (κ3) is 10.5. The lowest BCUT2D eigenvalue weighted by Crippen LogP contribution is -2.44. The van der Waals surface area contributed by atoms with Crippen molar-refractivity contribution < 1.29 is 4.74 Å². The van der Waals surface area contributed by atoms with Gasteiger partial charge in [-0.25, -0.2) is 0 Å². The van der Waals surface area contributed by atoms with Gasteiger partial charge in [0.15, 0.2) is 5.96 Å². The summed E-state index contributed by atoms with van der Waals surface area (Å²) in [5.41, 5.74) is 1.23. The first-order valence-corrected chi connectivity index (χ1v) is 8.22. The minimum Gasteiger partial charge on any atom is -0.377 e. The van der Waals surface area contributed by atoms with Crippen LogP contribution in [-0.2, 0) is 11.3 Å². The Kier molecular flexibility index (Phi) is 13.1. The number of hydrogen-bond acceptors (Lipinski definition) is 2. The number of benzene rings is 1. The molecule has 0 aliphatic heterocycles. The first-order valence-electron chi connectivity index (χ1n) is 8.22. The van der Waals surface area contributed by atoms with Gasteiger partial charge < -0.3 is 15.4 Å². The molecule has 1 aromatic rings. The lowest BCUT2D eigenvalue weighted by molar-refractivity contribution is 0.117. The number of nitrogens with one attached hydrogen (secondary N) is 2. The summed E-state index contributed by atoms with van der Waals surface area (Å²) in [6, 6.07) is 10.7. The number of unbranched alkanes of at least 4 members (excludes halogenated alkanes) is 1. The second kappa shape index (κ2) is 13.6. The van der Waals surface area contributed by atoms with E-state index >= 15 is 0 Å². The Balaban J connectivity index is 0.00000484. The van der Waals surface area contributed by atoms with Crippen LogP contribution in [-0.4, -0.2) is 32.2 Å². The largest absolute Gasteiger partial charge is 0.377 e. The molecule has 0 saturated heterocycles. The highest BCUT2D eigenvalue weighted by Gasteiger charge is 2.08. The molecule has 0 heterocycles. The van der Waals surface area contributed by atoms with Gasteiger partial charge in [0, 0.05) is 26.2 Å². The van der Waals surface area contributed by atoms with Gasteiger partial charge in [-0.15, -0.1) is 24.0 Å². The molecule has 0 aliphatic rings. The number of nitrogens with zero attached hydrogens (tertiary/aromatic N) is 1. The van der Waals surface area contributed by atoms with Crippen molar-refractivity contribution in [1.82, 2.24) is 10.6 Å². The molecule has 0 fully saturated rings. The smallest absolute Gasteiger partial charge is 0.191 e. The average molecular weight is 433 g/mol. The fraction of sp³-hybridized carbons (Fsp3) is 0.611. The Hall–Kier alpha value is -0.820. The van der Waals surface area contributed by atoms with Crippen molar-refractivity contribution in [3.05, 3.63) is 35.9 Å². The van der Waals surface area contributed by atoms with E-state index in [1.165, 1.54) is 5.56 Å². The van der Waals surface area contributed by atoms with Gasteiger partial charge in [0.2, 0.25) is 0 Å². The van der Waals surface area contributed by atoms with Crippen LogP contribution >= 0.6 is 24.0 Å². The van der Waals surface area contributed by atoms with Crippen LogP contribution < -0.4 is 10.6 Å². The third-order valence-electron chi connectivity index (χ3n) is 3.71. The van der Waals surface area contributed by atoms with Crippen LogP contribution in [0.25, 0.3) is 0 Å². The summed E-state index contributed by atoms with van der Waals surface area (Å²) in [7, 11) is 1.81. The molecule has 4 nitrogen and oxygen atoms in total. The lowest BCUT2D eigenvalue weighted by atomic mass is 10.1. The molecule has 1 unspecified atom stereocenters. The van der Waals surface area contributed by atoms with Gasteiger partial charge in [-0.05, 0) is 31.2 Å². The highest BCUT2D eigenvalue weighted by Crippen LogP contribution is 2.01. The van der Waals surface area contributed by atoms with Crippen LogP contribution in [0.3, 0.4) is 0 Å². The van der Waals surface area contributed by atoms with Gasteiger partial charge in [-0.2, -0.15) is 0 Å². The van der Waals surface area contributed by atoms with Gasteiger partial charge in [0.05, 0.1) is 6.61 Å². The summed E-state index contributed by atoms with van der Waals surface area (Å²) in [6.45, 7) is 8.99. The molecule has 132 valence electrons. The molecule has 0 bridgehead atoms. The van der Waals surface area contributed by atoms with Crippen molar-refractivity contribution in [1.29, 1.82) is 0 Å². The van der Waals surface area contributed by atoms with E-state index in [1.54, 1.807) is 0 Å². The van der Waals surface area contributed by atoms with Gasteiger partial charge in [0.1, 0.15) is 0 Å². The normalized spacial score (nSPS) is 12.7. The predicted molar refractivity (Wildman–Crippen MR) is 110 cm³/mol. The summed E-state index contributed by atoms with van der Waals surface area (Å²) in [6.07, 6.45) is 2.13. The highest BCUT2D eigenvalue weighted by molar-refractivity contribution is 14.0. The minimum absolute atomic E-state index is 0. The zero-order chi connectivity index (χ0) is 16.2. The van der Waals surface area contributed by atoms with Gasteiger partial charge in [0.25, 0.3) is 0 Å². The first kappa shape index (κ1) is 22.2. The molecule has 1 rings (SSSR count). The fourth-order valence-electron chi connectivity index (χ4n) is 1.88. The molecule has 5 heteroatoms. The summed E-state index contributed by atoms with van der Waals surface area (Å²) < 4.78 is 5.68. The van der Waals surface area contributed by atoms with Crippen LogP contribution in [0, 0.1) is 5.92 Å². The number of aliphatic imine (C=N–C) groups is 1. The molecule has 2 N–H and O–H groups in total. The molecular weight excluding hydrogens is 401 g/mol. The van der Waals surface area contributed by atoms with Crippen molar-refractivity contribution in [2.75, 3.05) is 20.2 Å². The maximum Gasteiger partial charge on any atom is 0.191 e. The summed E-state index contributed by atoms with van der Waals surface area (Å²) in [5.74, 6) is 1.47. The summed E-state index contributed by atoms with van der Waals surface area (Å²) >= 11 is 0. The molecule has 23 heavy (non-hydrogen) atoms. The van der Waals surface area contributed by atoms with Crippen LogP contribution in [0.1, 0.15) is 39.2 Å². The first-order chi connectivity index (χ1) is 10.6. The third-order valence-corrected chi connectivity index (χ3v) is 3.71. The zero-order valence-electron chi connectivity index (χ0n) is 14.8. The van der Waals surface area contributed by atoms with Gasteiger partial charge in [-0.3, -0.25) is 4.99 Å². The monoisotopic (exact) mass is 433 g/mol. The molecule has 0 aliphatic carbocycles. The average Bonchev–Trinajstić information content (AvgIpc) is 2.53. The van der Waals surface area contributed by atoms with E-state index in [1.807, 2.05) is 25.2 Å². The molecule has 0 saturated carbocycles. The molecule has 0 radical (unpaired) electrons. The number of halogens is 1. The van der Waals surface area contributed by atoms with Gasteiger partial charge >= 0.3 is 0 Å². The molecule has 1 aromatic carbocycles. The maximum absolute atomic E-state index is 5.68. The Morgan fingerprint density at radius 2 is 1.83 bits per heavy atom. The Morgan fingerprint density at radius 3 is 2.43 bits per heavy atom. The van der Waals surface area contributed by atoms with Gasteiger partial charge in [-0.1, -0.05) is 44.2 Å². The minimum atomic E-state index is 0. The maximum atomic E-state index is 5.68. The Morgan fingerprint density at radius 1 is 1.13 bits per heavy atom. The number of rotatable bonds is 9. The van der Waals surface area contributed by atoms with E-state index in [2.05, 4.69) is 48.5 Å². The Labute approximate surface area is 158 Å². The van der Waals surface area contributed by atoms with Crippen molar-refractivity contribution >= 4 is 29.9 Å². The van der Waals surface area contributed by atoms with E-state index in [9.17, 15) is 0 Å². The van der Waals surface area contributed by atoms with Crippen LogP contribution in [0.2, 0.25) is 0 Å². The van der Waals surface area contributed by atoms with Crippen LogP contribution in [0.4, 0.5) is 0 Å². The van der Waals surface area contributed by atoms with Crippen LogP contribution in [0.15, 0.2) is 35.3 Å². The van der Waals surface area contributed by atoms with E-state index in [0.29, 0.717) is 18.6 Å². The standard InChI is InChI=1S/C18H31N3O.HI/c1-15(2)16(3)21-18(19-4)20-12-8-9-13-22-14-17-10-6-5-7-11-17;/h5-7,10-11,15-16H,8-9,12-14H2,1-4H3,(H2,19,20,21);1H. The molecular formula is C18H32IN3O. The number of ether oxygens (including phenoxy) is 1. The fourth-order valence-corrected chi connectivity index (χ4v) is 1.88. The second-order valence-electron chi connectivity index (χ2n) is 5.92. The van der Waals surface area contributed by atoms with E-state index in [-0.39, 0.29) is 24.0 Å². The quantitative estimate of drug-likeness (QED) is 0.270. The Bertz CT molecular complexity index is 424. The number of guanidine groups is 1. The second-order valence-corrected chi connectivity index (χ2v) is 5.92. The van der Waals surface area contributed by atoms with Crippen molar-refractivity contribution in [2.45, 2.75) is 46.3 Å².